The number of amides is 1. The molecule has 0 spiro atoms. The normalized spacial score (nSPS) is 11.8. The van der Waals surface area contributed by atoms with Crippen molar-refractivity contribution in [2.24, 2.45) is 0 Å². The molecule has 0 saturated carbocycles. The van der Waals surface area contributed by atoms with Crippen molar-refractivity contribution in [1.29, 1.82) is 0 Å². The van der Waals surface area contributed by atoms with Crippen molar-refractivity contribution in [3.8, 4) is 11.3 Å². The van der Waals surface area contributed by atoms with Crippen LogP contribution in [-0.4, -0.2) is 38.5 Å². The van der Waals surface area contributed by atoms with Crippen LogP contribution in [0.2, 0.25) is 0 Å². The highest BCUT2D eigenvalue weighted by Gasteiger charge is 2.23. The molecule has 1 aromatic carbocycles. The average Bonchev–Trinajstić information content (AvgIpc) is 3.07. The molecule has 0 radical (unpaired) electrons. The maximum Gasteiger partial charge on any atom is 0.272 e. The predicted molar refractivity (Wildman–Crippen MR) is 104 cm³/mol. The fraction of sp³-hybridized carbons (Fsp3) is 0.381. The van der Waals surface area contributed by atoms with Crippen LogP contribution in [0, 0.1) is 5.82 Å². The van der Waals surface area contributed by atoms with E-state index in [2.05, 4.69) is 30.9 Å². The zero-order valence-electron chi connectivity index (χ0n) is 16.5. The van der Waals surface area contributed by atoms with E-state index < -0.39 is 0 Å². The van der Waals surface area contributed by atoms with E-state index >= 15 is 0 Å². The second-order valence-corrected chi connectivity index (χ2v) is 7.56. The van der Waals surface area contributed by atoms with Crippen LogP contribution in [0.3, 0.4) is 0 Å². The SMILES string of the molecule is CCN(CC)C(=O)c1cc(-c2ccc(F)cc2)nc2cc(C(C)(C)C)nn12. The lowest BCUT2D eigenvalue weighted by molar-refractivity contribution is 0.0764. The van der Waals surface area contributed by atoms with Gasteiger partial charge in [-0.25, -0.2) is 13.9 Å². The molecule has 3 rings (SSSR count). The largest absolute Gasteiger partial charge is 0.338 e. The summed E-state index contributed by atoms with van der Waals surface area (Å²) in [4.78, 5) is 19.5. The minimum absolute atomic E-state index is 0.0979. The van der Waals surface area contributed by atoms with Crippen molar-refractivity contribution in [3.63, 3.8) is 0 Å². The molecule has 0 atom stereocenters. The number of carbonyl (C=O) groups is 1. The van der Waals surface area contributed by atoms with Gasteiger partial charge in [0.05, 0.1) is 11.4 Å². The molecule has 0 unspecified atom stereocenters. The molecule has 5 nitrogen and oxygen atoms in total. The molecule has 142 valence electrons. The molecular formula is C21H25FN4O. The van der Waals surface area contributed by atoms with E-state index in [0.717, 1.165) is 11.3 Å². The van der Waals surface area contributed by atoms with Crippen LogP contribution in [0.5, 0.6) is 0 Å². The van der Waals surface area contributed by atoms with Crippen LogP contribution in [0.15, 0.2) is 36.4 Å². The molecule has 0 aliphatic rings. The Bertz CT molecular complexity index is 966. The van der Waals surface area contributed by atoms with Gasteiger partial charge in [0.25, 0.3) is 5.91 Å². The predicted octanol–water partition coefficient (Wildman–Crippen LogP) is 4.31. The van der Waals surface area contributed by atoms with Gasteiger partial charge in [-0.3, -0.25) is 4.79 Å². The molecular weight excluding hydrogens is 343 g/mol. The van der Waals surface area contributed by atoms with E-state index in [9.17, 15) is 9.18 Å². The number of carbonyl (C=O) groups excluding carboxylic acids is 1. The van der Waals surface area contributed by atoms with Gasteiger partial charge in [0, 0.05) is 30.1 Å². The Balaban J connectivity index is 2.24. The van der Waals surface area contributed by atoms with Crippen molar-refractivity contribution in [2.75, 3.05) is 13.1 Å². The van der Waals surface area contributed by atoms with Crippen LogP contribution in [0.1, 0.15) is 50.8 Å². The highest BCUT2D eigenvalue weighted by Crippen LogP contribution is 2.25. The van der Waals surface area contributed by atoms with Crippen molar-refractivity contribution < 1.29 is 9.18 Å². The molecule has 3 aromatic rings. The first-order valence-corrected chi connectivity index (χ1v) is 9.21. The van der Waals surface area contributed by atoms with E-state index in [1.165, 1.54) is 12.1 Å². The van der Waals surface area contributed by atoms with Crippen molar-refractivity contribution in [1.82, 2.24) is 19.5 Å². The Morgan fingerprint density at radius 3 is 2.30 bits per heavy atom. The first kappa shape index (κ1) is 19.0. The molecule has 1 amide bonds. The summed E-state index contributed by atoms with van der Waals surface area (Å²) >= 11 is 0. The van der Waals surface area contributed by atoms with Gasteiger partial charge in [0.1, 0.15) is 11.5 Å². The summed E-state index contributed by atoms with van der Waals surface area (Å²) in [6, 6.07) is 9.77. The standard InChI is InChI=1S/C21H25FN4O/c1-6-25(7-2)20(27)17-12-16(14-8-10-15(22)11-9-14)23-19-13-18(21(3,4)5)24-26(17)19/h8-13H,6-7H2,1-5H3. The molecule has 0 bridgehead atoms. The van der Waals surface area contributed by atoms with Gasteiger partial charge in [0.15, 0.2) is 5.65 Å². The Morgan fingerprint density at radius 1 is 1.11 bits per heavy atom. The lowest BCUT2D eigenvalue weighted by atomic mass is 9.93. The zero-order chi connectivity index (χ0) is 19.8. The number of fused-ring (bicyclic) bond motifs is 1. The smallest absolute Gasteiger partial charge is 0.272 e. The number of hydrogen-bond acceptors (Lipinski definition) is 3. The first-order chi connectivity index (χ1) is 12.7. The van der Waals surface area contributed by atoms with Crippen molar-refractivity contribution in [3.05, 3.63) is 53.6 Å². The highest BCUT2D eigenvalue weighted by molar-refractivity contribution is 5.94. The van der Waals surface area contributed by atoms with Crippen molar-refractivity contribution in [2.45, 2.75) is 40.0 Å². The van der Waals surface area contributed by atoms with E-state index in [1.807, 2.05) is 19.9 Å². The Hall–Kier alpha value is -2.76. The van der Waals surface area contributed by atoms with Gasteiger partial charge < -0.3 is 4.90 Å². The minimum Gasteiger partial charge on any atom is -0.338 e. The molecule has 27 heavy (non-hydrogen) atoms. The number of nitrogens with zero attached hydrogens (tertiary/aromatic N) is 4. The van der Waals surface area contributed by atoms with E-state index in [0.29, 0.717) is 30.1 Å². The summed E-state index contributed by atoms with van der Waals surface area (Å²) in [5.74, 6) is -0.405. The summed E-state index contributed by atoms with van der Waals surface area (Å²) in [7, 11) is 0. The van der Waals surface area contributed by atoms with E-state index in [1.54, 1.807) is 27.6 Å². The molecule has 0 saturated heterocycles. The summed E-state index contributed by atoms with van der Waals surface area (Å²) in [6.07, 6.45) is 0. The van der Waals surface area contributed by atoms with E-state index in [-0.39, 0.29) is 17.1 Å². The maximum atomic E-state index is 13.3. The van der Waals surface area contributed by atoms with Gasteiger partial charge in [-0.1, -0.05) is 20.8 Å². The number of hydrogen-bond donors (Lipinski definition) is 0. The molecule has 0 N–H and O–H groups in total. The van der Waals surface area contributed by atoms with Gasteiger partial charge in [-0.2, -0.15) is 5.10 Å². The molecule has 0 aliphatic carbocycles. The van der Waals surface area contributed by atoms with Crippen molar-refractivity contribution >= 4 is 11.6 Å². The number of rotatable bonds is 4. The molecule has 2 heterocycles. The maximum absolute atomic E-state index is 13.3. The molecule has 0 fully saturated rings. The number of benzene rings is 1. The Labute approximate surface area is 158 Å². The summed E-state index contributed by atoms with van der Waals surface area (Å²) in [6.45, 7) is 11.3. The fourth-order valence-electron chi connectivity index (χ4n) is 2.93. The Kier molecular flexibility index (Phi) is 5.00. The highest BCUT2D eigenvalue weighted by atomic mass is 19.1. The van der Waals surface area contributed by atoms with Gasteiger partial charge in [0.2, 0.25) is 0 Å². The third-order valence-corrected chi connectivity index (χ3v) is 4.61. The number of aromatic nitrogens is 3. The summed E-state index contributed by atoms with van der Waals surface area (Å²) < 4.78 is 14.9. The van der Waals surface area contributed by atoms with Gasteiger partial charge in [-0.15, -0.1) is 0 Å². The number of halogens is 1. The molecule has 0 aliphatic heterocycles. The lowest BCUT2D eigenvalue weighted by Crippen LogP contribution is -2.32. The molecule has 6 heteroatoms. The van der Waals surface area contributed by atoms with Gasteiger partial charge >= 0.3 is 0 Å². The summed E-state index contributed by atoms with van der Waals surface area (Å²) in [5.41, 5.74) is 3.14. The van der Waals surface area contributed by atoms with Crippen LogP contribution >= 0.6 is 0 Å². The fourth-order valence-corrected chi connectivity index (χ4v) is 2.93. The van der Waals surface area contributed by atoms with E-state index in [4.69, 9.17) is 0 Å². The first-order valence-electron chi connectivity index (χ1n) is 9.21. The summed E-state index contributed by atoms with van der Waals surface area (Å²) in [5, 5.41) is 4.65. The van der Waals surface area contributed by atoms with Crippen LogP contribution < -0.4 is 0 Å². The van der Waals surface area contributed by atoms with Gasteiger partial charge in [-0.05, 0) is 44.2 Å². The quantitative estimate of drug-likeness (QED) is 0.689. The van der Waals surface area contributed by atoms with Crippen LogP contribution in [0.25, 0.3) is 16.9 Å². The second-order valence-electron chi connectivity index (χ2n) is 7.56. The average molecular weight is 368 g/mol. The zero-order valence-corrected chi connectivity index (χ0v) is 16.5. The second kappa shape index (κ2) is 7.10. The third-order valence-electron chi connectivity index (χ3n) is 4.61. The Morgan fingerprint density at radius 2 is 1.74 bits per heavy atom. The van der Waals surface area contributed by atoms with Crippen LogP contribution in [-0.2, 0) is 5.41 Å². The monoisotopic (exact) mass is 368 g/mol. The molecule has 2 aromatic heterocycles. The minimum atomic E-state index is -0.307. The van der Waals surface area contributed by atoms with Crippen LogP contribution in [0.4, 0.5) is 4.39 Å². The lowest BCUT2D eigenvalue weighted by Gasteiger charge is -2.19. The topological polar surface area (TPSA) is 50.5 Å². The third kappa shape index (κ3) is 3.70.